The second-order valence-electron chi connectivity index (χ2n) is 4.79. The molecule has 0 aliphatic heterocycles. The van der Waals surface area contributed by atoms with Gasteiger partial charge < -0.3 is 10.4 Å². The van der Waals surface area contributed by atoms with Crippen molar-refractivity contribution in [3.05, 3.63) is 71.6 Å². The third kappa shape index (κ3) is 4.28. The molecule has 0 aliphatic rings. The minimum atomic E-state index is -0.512. The Morgan fingerprint density at radius 3 is 2.27 bits per heavy atom. The number of nitrogens with one attached hydrogen (secondary N) is 1. The van der Waals surface area contributed by atoms with Gasteiger partial charge >= 0.3 is 0 Å². The van der Waals surface area contributed by atoms with E-state index in [2.05, 4.69) is 15.5 Å². The molecule has 0 heterocycles. The second-order valence-corrected chi connectivity index (χ2v) is 4.79. The highest BCUT2D eigenvalue weighted by atomic mass is 16.3. The first-order chi connectivity index (χ1) is 10.6. The van der Waals surface area contributed by atoms with Crippen LogP contribution in [0.15, 0.2) is 76.3 Å². The van der Waals surface area contributed by atoms with Gasteiger partial charge in [-0.15, -0.1) is 5.11 Å². The molecule has 2 rings (SSSR count). The lowest BCUT2D eigenvalue weighted by Gasteiger charge is -2.05. The summed E-state index contributed by atoms with van der Waals surface area (Å²) in [5.74, 6) is -0.702. The molecule has 0 saturated carbocycles. The molecule has 0 aromatic heterocycles. The van der Waals surface area contributed by atoms with Crippen LogP contribution in [0.5, 0.6) is 0 Å². The quantitative estimate of drug-likeness (QED) is 0.495. The SMILES string of the molecule is C/C(O)=C(\N=Nc1ccc(C)cc1)C(=O)Nc1ccccc1. The van der Waals surface area contributed by atoms with E-state index in [4.69, 9.17) is 0 Å². The van der Waals surface area contributed by atoms with E-state index in [-0.39, 0.29) is 11.5 Å². The number of para-hydroxylation sites is 1. The zero-order valence-electron chi connectivity index (χ0n) is 12.4. The second kappa shape index (κ2) is 7.17. The van der Waals surface area contributed by atoms with Crippen LogP contribution in [0, 0.1) is 6.92 Å². The van der Waals surface area contributed by atoms with Crippen LogP contribution in [0.1, 0.15) is 12.5 Å². The Morgan fingerprint density at radius 1 is 1.05 bits per heavy atom. The van der Waals surface area contributed by atoms with Crippen molar-refractivity contribution >= 4 is 17.3 Å². The van der Waals surface area contributed by atoms with Crippen LogP contribution in [0.4, 0.5) is 11.4 Å². The topological polar surface area (TPSA) is 74.0 Å². The summed E-state index contributed by atoms with van der Waals surface area (Å²) in [4.78, 5) is 12.1. The zero-order chi connectivity index (χ0) is 15.9. The van der Waals surface area contributed by atoms with Crippen molar-refractivity contribution in [1.29, 1.82) is 0 Å². The maximum atomic E-state index is 12.1. The molecule has 0 atom stereocenters. The lowest BCUT2D eigenvalue weighted by atomic mass is 10.2. The van der Waals surface area contributed by atoms with Gasteiger partial charge in [0.2, 0.25) is 0 Å². The van der Waals surface area contributed by atoms with E-state index in [0.717, 1.165) is 5.56 Å². The minimum absolute atomic E-state index is 0.121. The van der Waals surface area contributed by atoms with E-state index in [1.165, 1.54) is 6.92 Å². The van der Waals surface area contributed by atoms with E-state index in [0.29, 0.717) is 11.4 Å². The highest BCUT2D eigenvalue weighted by molar-refractivity contribution is 6.03. The summed E-state index contributed by atoms with van der Waals surface area (Å²) in [5, 5.41) is 20.1. The zero-order valence-corrected chi connectivity index (χ0v) is 12.4. The number of azo groups is 1. The summed E-state index contributed by atoms with van der Waals surface area (Å²) >= 11 is 0. The maximum Gasteiger partial charge on any atom is 0.279 e. The number of hydrogen-bond acceptors (Lipinski definition) is 4. The Kier molecular flexibility index (Phi) is 5.03. The molecule has 0 bridgehead atoms. The standard InChI is InChI=1S/C17H17N3O2/c1-12-8-10-15(11-9-12)19-20-16(13(2)21)17(22)18-14-6-4-3-5-7-14/h3-11,21H,1-2H3,(H,18,22)/b16-13+,20-19?. The molecule has 5 heteroatoms. The van der Waals surface area contributed by atoms with Crippen LogP contribution >= 0.6 is 0 Å². The number of rotatable bonds is 4. The van der Waals surface area contributed by atoms with Crippen LogP contribution in [-0.4, -0.2) is 11.0 Å². The Hall–Kier alpha value is -2.95. The van der Waals surface area contributed by atoms with Gasteiger partial charge in [-0.25, -0.2) is 0 Å². The largest absolute Gasteiger partial charge is 0.510 e. The first-order valence-electron chi connectivity index (χ1n) is 6.81. The van der Waals surface area contributed by atoms with Gasteiger partial charge in [-0.1, -0.05) is 35.9 Å². The number of allylic oxidation sites excluding steroid dienone is 1. The fourth-order valence-electron chi connectivity index (χ4n) is 1.71. The summed E-state index contributed by atoms with van der Waals surface area (Å²) in [5.41, 5.74) is 2.22. The van der Waals surface area contributed by atoms with Gasteiger partial charge in [0.15, 0.2) is 5.70 Å². The fourth-order valence-corrected chi connectivity index (χ4v) is 1.71. The lowest BCUT2D eigenvalue weighted by Crippen LogP contribution is -2.14. The van der Waals surface area contributed by atoms with Gasteiger partial charge in [-0.2, -0.15) is 5.11 Å². The fraction of sp³-hybridized carbons (Fsp3) is 0.118. The number of carbonyl (C=O) groups is 1. The number of anilines is 1. The molecule has 5 nitrogen and oxygen atoms in total. The summed E-state index contributed by atoms with van der Waals surface area (Å²) in [7, 11) is 0. The van der Waals surface area contributed by atoms with Gasteiger partial charge in [-0.05, 0) is 38.1 Å². The van der Waals surface area contributed by atoms with Gasteiger partial charge in [0.05, 0.1) is 5.69 Å². The normalized spacial score (nSPS) is 12.1. The smallest absolute Gasteiger partial charge is 0.279 e. The van der Waals surface area contributed by atoms with Crippen LogP contribution in [-0.2, 0) is 4.79 Å². The van der Waals surface area contributed by atoms with Crippen molar-refractivity contribution in [2.24, 2.45) is 10.2 Å². The molecule has 1 amide bonds. The molecule has 0 saturated heterocycles. The number of nitrogens with zero attached hydrogens (tertiary/aromatic N) is 2. The van der Waals surface area contributed by atoms with Gasteiger partial charge in [0.25, 0.3) is 5.91 Å². The van der Waals surface area contributed by atoms with Gasteiger partial charge in [-0.3, -0.25) is 4.79 Å². The summed E-state index contributed by atoms with van der Waals surface area (Å²) < 4.78 is 0. The number of hydrogen-bond donors (Lipinski definition) is 2. The Bertz CT molecular complexity index is 700. The predicted octanol–water partition coefficient (Wildman–Crippen LogP) is 4.51. The van der Waals surface area contributed by atoms with E-state index >= 15 is 0 Å². The van der Waals surface area contributed by atoms with Gasteiger partial charge in [0, 0.05) is 5.69 Å². The molecule has 2 N–H and O–H groups in total. The van der Waals surface area contributed by atoms with Crippen molar-refractivity contribution in [3.63, 3.8) is 0 Å². The van der Waals surface area contributed by atoms with E-state index in [9.17, 15) is 9.90 Å². The van der Waals surface area contributed by atoms with E-state index in [1.54, 1.807) is 36.4 Å². The van der Waals surface area contributed by atoms with Crippen molar-refractivity contribution in [2.45, 2.75) is 13.8 Å². The average molecular weight is 295 g/mol. The van der Waals surface area contributed by atoms with Crippen LogP contribution in [0.3, 0.4) is 0 Å². The predicted molar refractivity (Wildman–Crippen MR) is 86.1 cm³/mol. The molecular formula is C17H17N3O2. The Morgan fingerprint density at radius 2 is 1.68 bits per heavy atom. The lowest BCUT2D eigenvalue weighted by molar-refractivity contribution is -0.113. The summed E-state index contributed by atoms with van der Waals surface area (Å²) in [6, 6.07) is 16.3. The number of aliphatic hydroxyl groups is 1. The van der Waals surface area contributed by atoms with Crippen LogP contribution in [0.2, 0.25) is 0 Å². The highest BCUT2D eigenvalue weighted by Gasteiger charge is 2.13. The van der Waals surface area contributed by atoms with Crippen molar-refractivity contribution < 1.29 is 9.90 Å². The molecule has 22 heavy (non-hydrogen) atoms. The number of aliphatic hydroxyl groups excluding tert-OH is 1. The first kappa shape index (κ1) is 15.4. The molecule has 0 unspecified atom stereocenters. The van der Waals surface area contributed by atoms with Crippen molar-refractivity contribution in [2.75, 3.05) is 5.32 Å². The molecule has 0 spiro atoms. The third-order valence-electron chi connectivity index (χ3n) is 2.89. The van der Waals surface area contributed by atoms with Gasteiger partial charge in [0.1, 0.15) is 5.76 Å². The monoisotopic (exact) mass is 295 g/mol. The number of carbonyl (C=O) groups excluding carboxylic acids is 1. The van der Waals surface area contributed by atoms with Crippen LogP contribution in [0.25, 0.3) is 0 Å². The van der Waals surface area contributed by atoms with E-state index < -0.39 is 5.91 Å². The maximum absolute atomic E-state index is 12.1. The Balaban J connectivity index is 2.15. The molecule has 0 aliphatic carbocycles. The summed E-state index contributed by atoms with van der Waals surface area (Å²) in [6.45, 7) is 3.37. The first-order valence-corrected chi connectivity index (χ1v) is 6.81. The summed E-state index contributed by atoms with van der Waals surface area (Å²) in [6.07, 6.45) is 0. The third-order valence-corrected chi connectivity index (χ3v) is 2.89. The Labute approximate surface area is 129 Å². The molecule has 0 fully saturated rings. The van der Waals surface area contributed by atoms with Crippen molar-refractivity contribution in [1.82, 2.24) is 0 Å². The van der Waals surface area contributed by atoms with Crippen molar-refractivity contribution in [3.8, 4) is 0 Å². The molecular weight excluding hydrogens is 278 g/mol. The molecule has 0 radical (unpaired) electrons. The number of amides is 1. The molecule has 112 valence electrons. The number of aryl methyl sites for hydroxylation is 1. The molecule has 2 aromatic rings. The van der Waals surface area contributed by atoms with E-state index in [1.807, 2.05) is 25.1 Å². The minimum Gasteiger partial charge on any atom is -0.510 e. The average Bonchev–Trinajstić information content (AvgIpc) is 2.50. The van der Waals surface area contributed by atoms with Crippen LogP contribution < -0.4 is 5.32 Å². The number of benzene rings is 2. The highest BCUT2D eigenvalue weighted by Crippen LogP contribution is 2.17. The molecule has 2 aromatic carbocycles.